The molecule has 0 rings (SSSR count). The first-order valence-electron chi connectivity index (χ1n) is 5.87. The van der Waals surface area contributed by atoms with Crippen LogP contribution in [0, 0.1) is 0 Å². The first-order valence-corrected chi connectivity index (χ1v) is 6.25. The van der Waals surface area contributed by atoms with Gasteiger partial charge in [-0.1, -0.05) is 59.3 Å². The largest absolute Gasteiger partial charge is 0.281 e. The molecule has 0 unspecified atom stereocenters. The number of hydrogen-bond acceptors (Lipinski definition) is 1. The third-order valence-corrected chi connectivity index (χ3v) is 1.92. The van der Waals surface area contributed by atoms with Crippen LogP contribution in [0.4, 0.5) is 0 Å². The molecule has 0 heterocycles. The van der Waals surface area contributed by atoms with Crippen LogP contribution in [0.2, 0.25) is 0 Å². The van der Waals surface area contributed by atoms with Crippen molar-refractivity contribution in [1.29, 1.82) is 0 Å². The van der Waals surface area contributed by atoms with E-state index in [0.29, 0.717) is 6.42 Å². The predicted octanol–water partition coefficient (Wildman–Crippen LogP) is 4.92. The molecule has 0 radical (unpaired) electrons. The van der Waals surface area contributed by atoms with Crippen LogP contribution in [0.5, 0.6) is 0 Å². The summed E-state index contributed by atoms with van der Waals surface area (Å²) in [4.78, 5) is 10.3. The van der Waals surface area contributed by atoms with E-state index in [1.165, 1.54) is 32.1 Å². The maximum Gasteiger partial charge on any atom is 0.221 e. The molecule has 0 aliphatic rings. The van der Waals surface area contributed by atoms with Crippen molar-refractivity contribution in [1.82, 2.24) is 0 Å². The highest BCUT2D eigenvalue weighted by Crippen LogP contribution is 2.07. The van der Waals surface area contributed by atoms with Gasteiger partial charge in [0, 0.05) is 6.42 Å². The van der Waals surface area contributed by atoms with Gasteiger partial charge in [0.2, 0.25) is 5.24 Å². The SMILES string of the molecule is CCC.CCCCCCCCC(=O)Cl. The Hall–Kier alpha value is -0.0400. The zero-order valence-corrected chi connectivity index (χ0v) is 10.7. The lowest BCUT2D eigenvalue weighted by Crippen LogP contribution is -1.85. The molecule has 14 heavy (non-hydrogen) atoms. The molecule has 0 aromatic heterocycles. The minimum absolute atomic E-state index is 0.194. The summed E-state index contributed by atoms with van der Waals surface area (Å²) in [5.74, 6) is 0. The van der Waals surface area contributed by atoms with Gasteiger partial charge in [-0.15, -0.1) is 0 Å². The van der Waals surface area contributed by atoms with Crippen LogP contribution in [-0.4, -0.2) is 5.24 Å². The zero-order chi connectivity index (χ0) is 11.2. The Morgan fingerprint density at radius 2 is 1.36 bits per heavy atom. The van der Waals surface area contributed by atoms with Gasteiger partial charge in [0.1, 0.15) is 0 Å². The van der Waals surface area contributed by atoms with E-state index in [2.05, 4.69) is 20.8 Å². The highest BCUT2D eigenvalue weighted by molar-refractivity contribution is 6.63. The molecule has 0 bridgehead atoms. The van der Waals surface area contributed by atoms with E-state index >= 15 is 0 Å². The molecular formula is C12H25ClO. The average Bonchev–Trinajstić information content (AvgIpc) is 2.12. The smallest absolute Gasteiger partial charge is 0.221 e. The highest BCUT2D eigenvalue weighted by Gasteiger charge is 1.94. The minimum Gasteiger partial charge on any atom is -0.281 e. The first-order chi connectivity index (χ1) is 6.68. The molecule has 86 valence electrons. The van der Waals surface area contributed by atoms with Gasteiger partial charge in [0.15, 0.2) is 0 Å². The molecule has 0 saturated carbocycles. The van der Waals surface area contributed by atoms with Crippen molar-refractivity contribution in [3.8, 4) is 0 Å². The van der Waals surface area contributed by atoms with Crippen molar-refractivity contribution in [3.63, 3.8) is 0 Å². The molecule has 0 aliphatic heterocycles. The Labute approximate surface area is 94.2 Å². The van der Waals surface area contributed by atoms with Crippen molar-refractivity contribution in [2.75, 3.05) is 0 Å². The fraction of sp³-hybridized carbons (Fsp3) is 0.917. The maximum absolute atomic E-state index is 10.3. The van der Waals surface area contributed by atoms with Crippen molar-refractivity contribution in [3.05, 3.63) is 0 Å². The quantitative estimate of drug-likeness (QED) is 0.440. The zero-order valence-electron chi connectivity index (χ0n) is 9.94. The number of rotatable bonds is 7. The summed E-state index contributed by atoms with van der Waals surface area (Å²) in [6.07, 6.45) is 9.05. The summed E-state index contributed by atoms with van der Waals surface area (Å²) in [6.45, 7) is 6.45. The Kier molecular flexibility index (Phi) is 18.1. The van der Waals surface area contributed by atoms with Crippen LogP contribution in [0.15, 0.2) is 0 Å². The van der Waals surface area contributed by atoms with E-state index < -0.39 is 0 Å². The number of unbranched alkanes of at least 4 members (excludes halogenated alkanes) is 5. The van der Waals surface area contributed by atoms with Crippen molar-refractivity contribution in [2.24, 2.45) is 0 Å². The highest BCUT2D eigenvalue weighted by atomic mass is 35.5. The van der Waals surface area contributed by atoms with Gasteiger partial charge >= 0.3 is 0 Å². The monoisotopic (exact) mass is 220 g/mol. The number of carbonyl (C=O) groups excluding carboxylic acids is 1. The van der Waals surface area contributed by atoms with Crippen LogP contribution in [0.3, 0.4) is 0 Å². The van der Waals surface area contributed by atoms with Crippen LogP contribution in [-0.2, 0) is 4.79 Å². The molecule has 0 aromatic carbocycles. The van der Waals surface area contributed by atoms with Crippen molar-refractivity contribution >= 4 is 16.8 Å². The molecule has 0 aliphatic carbocycles. The molecule has 0 spiro atoms. The Balaban J connectivity index is 0. The summed E-state index contributed by atoms with van der Waals surface area (Å²) in [5.41, 5.74) is 0. The van der Waals surface area contributed by atoms with E-state index in [1.807, 2.05) is 0 Å². The van der Waals surface area contributed by atoms with E-state index in [-0.39, 0.29) is 5.24 Å². The number of hydrogen-bond donors (Lipinski definition) is 0. The molecule has 2 heteroatoms. The summed E-state index contributed by atoms with van der Waals surface area (Å²) in [5, 5.41) is -0.194. The Morgan fingerprint density at radius 1 is 0.929 bits per heavy atom. The van der Waals surface area contributed by atoms with Gasteiger partial charge in [0.05, 0.1) is 0 Å². The van der Waals surface area contributed by atoms with Crippen LogP contribution in [0.1, 0.15) is 72.1 Å². The van der Waals surface area contributed by atoms with Crippen LogP contribution in [0.25, 0.3) is 0 Å². The van der Waals surface area contributed by atoms with Crippen molar-refractivity contribution < 1.29 is 4.79 Å². The Morgan fingerprint density at radius 3 is 1.79 bits per heavy atom. The topological polar surface area (TPSA) is 17.1 Å². The summed E-state index contributed by atoms with van der Waals surface area (Å²) in [6, 6.07) is 0. The Bertz CT molecular complexity index is 113. The van der Waals surface area contributed by atoms with Crippen molar-refractivity contribution in [2.45, 2.75) is 72.1 Å². The molecule has 0 aromatic rings. The lowest BCUT2D eigenvalue weighted by Gasteiger charge is -1.96. The lowest BCUT2D eigenvalue weighted by atomic mass is 10.1. The van der Waals surface area contributed by atoms with E-state index in [9.17, 15) is 4.79 Å². The third-order valence-electron chi connectivity index (χ3n) is 1.73. The predicted molar refractivity (Wildman–Crippen MR) is 64.8 cm³/mol. The van der Waals surface area contributed by atoms with E-state index in [4.69, 9.17) is 11.6 Å². The second-order valence-electron chi connectivity index (χ2n) is 3.58. The average molecular weight is 221 g/mol. The molecule has 1 nitrogen and oxygen atoms in total. The van der Waals surface area contributed by atoms with Gasteiger partial charge in [-0.25, -0.2) is 0 Å². The van der Waals surface area contributed by atoms with Gasteiger partial charge in [-0.2, -0.15) is 0 Å². The number of halogens is 1. The minimum atomic E-state index is -0.194. The van der Waals surface area contributed by atoms with Gasteiger partial charge in [0.25, 0.3) is 0 Å². The standard InChI is InChI=1S/C9H17ClO.C3H8/c1-2-3-4-5-6-7-8-9(10)11;1-3-2/h2-8H2,1H3;3H2,1-2H3. The maximum atomic E-state index is 10.3. The first kappa shape index (κ1) is 16.4. The van der Waals surface area contributed by atoms with E-state index in [1.54, 1.807) is 0 Å². The second-order valence-corrected chi connectivity index (χ2v) is 4.00. The molecule has 0 saturated heterocycles. The summed E-state index contributed by atoms with van der Waals surface area (Å²) < 4.78 is 0. The van der Waals surface area contributed by atoms with Gasteiger partial charge in [-0.05, 0) is 18.0 Å². The normalized spacial score (nSPS) is 9.14. The molecule has 0 amide bonds. The fourth-order valence-electron chi connectivity index (χ4n) is 1.04. The molecule has 0 fully saturated rings. The van der Waals surface area contributed by atoms with Crippen LogP contribution >= 0.6 is 11.6 Å². The molecular weight excluding hydrogens is 196 g/mol. The van der Waals surface area contributed by atoms with Crippen LogP contribution < -0.4 is 0 Å². The third kappa shape index (κ3) is 22.7. The summed E-state index contributed by atoms with van der Waals surface area (Å²) >= 11 is 5.18. The van der Waals surface area contributed by atoms with Gasteiger partial charge < -0.3 is 0 Å². The number of carbonyl (C=O) groups is 1. The second kappa shape index (κ2) is 15.4. The molecule has 0 atom stereocenters. The lowest BCUT2D eigenvalue weighted by molar-refractivity contribution is -0.111. The molecule has 0 N–H and O–H groups in total. The van der Waals surface area contributed by atoms with E-state index in [0.717, 1.165) is 12.8 Å². The summed E-state index contributed by atoms with van der Waals surface area (Å²) in [7, 11) is 0. The van der Waals surface area contributed by atoms with Gasteiger partial charge in [-0.3, -0.25) is 4.79 Å². The fourth-order valence-corrected chi connectivity index (χ4v) is 1.18.